The molecule has 1 fully saturated rings. The van der Waals surface area contributed by atoms with Crippen molar-refractivity contribution in [1.29, 1.82) is 0 Å². The van der Waals surface area contributed by atoms with Crippen molar-refractivity contribution in [3.8, 4) is 11.4 Å². The summed E-state index contributed by atoms with van der Waals surface area (Å²) in [7, 11) is 2.08. The van der Waals surface area contributed by atoms with Crippen LogP contribution in [-0.4, -0.2) is 39.6 Å². The van der Waals surface area contributed by atoms with E-state index in [4.69, 9.17) is 4.74 Å². The van der Waals surface area contributed by atoms with Crippen LogP contribution >= 0.6 is 0 Å². The molecular weight excluding hydrogens is 452 g/mol. The van der Waals surface area contributed by atoms with Crippen molar-refractivity contribution in [2.45, 2.75) is 26.0 Å². The van der Waals surface area contributed by atoms with Gasteiger partial charge >= 0.3 is 0 Å². The molecule has 2 aromatic heterocycles. The van der Waals surface area contributed by atoms with Gasteiger partial charge in [0.1, 0.15) is 12.4 Å². The standard InChI is InChI=1S/C29H30N4O3/c1-31-26-11-13-32(29(35)21-9-12-30-17-21)18-25(26)24-8-7-22(15-27(24)31)33-14-10-23(16-28(33)34)36-19-20-5-3-2-4-6-20/h2-8,10,14-16,21,30H,9,11-13,17-19H2,1H3/t21-/m1/s1. The number of benzene rings is 2. The maximum absolute atomic E-state index is 13.0. The molecule has 2 aliphatic heterocycles. The molecule has 4 heterocycles. The number of amides is 1. The molecule has 0 saturated carbocycles. The number of carbonyl (C=O) groups excluding carboxylic acids is 1. The van der Waals surface area contributed by atoms with Crippen molar-refractivity contribution in [3.63, 3.8) is 0 Å². The number of carbonyl (C=O) groups is 1. The summed E-state index contributed by atoms with van der Waals surface area (Å²) in [6.45, 7) is 3.53. The SMILES string of the molecule is Cn1c2c(c3ccc(-n4ccc(OCc5ccccc5)cc4=O)cc31)CN(C(=O)[C@@H]1CCNC1)CC2. The maximum Gasteiger partial charge on any atom is 0.258 e. The molecule has 0 radical (unpaired) electrons. The van der Waals surface area contributed by atoms with Gasteiger partial charge in [-0.15, -0.1) is 0 Å². The lowest BCUT2D eigenvalue weighted by Crippen LogP contribution is -2.40. The largest absolute Gasteiger partial charge is 0.489 e. The first-order valence-electron chi connectivity index (χ1n) is 12.6. The number of fused-ring (bicyclic) bond motifs is 3. The number of hydrogen-bond acceptors (Lipinski definition) is 4. The van der Waals surface area contributed by atoms with E-state index in [2.05, 4.69) is 29.1 Å². The summed E-state index contributed by atoms with van der Waals surface area (Å²) in [5, 5.41) is 4.45. The van der Waals surface area contributed by atoms with Crippen LogP contribution in [0.25, 0.3) is 16.6 Å². The van der Waals surface area contributed by atoms with E-state index in [-0.39, 0.29) is 17.4 Å². The minimum atomic E-state index is -0.138. The highest BCUT2D eigenvalue weighted by Gasteiger charge is 2.31. The zero-order valence-electron chi connectivity index (χ0n) is 20.4. The molecule has 0 aliphatic carbocycles. The van der Waals surface area contributed by atoms with Gasteiger partial charge in [0.2, 0.25) is 5.91 Å². The second kappa shape index (κ2) is 9.32. The first kappa shape index (κ1) is 22.6. The first-order valence-corrected chi connectivity index (χ1v) is 12.6. The number of nitrogens with zero attached hydrogens (tertiary/aromatic N) is 3. The minimum Gasteiger partial charge on any atom is -0.489 e. The molecule has 4 aromatic rings. The highest BCUT2D eigenvalue weighted by Crippen LogP contribution is 2.32. The van der Waals surface area contributed by atoms with E-state index in [9.17, 15) is 9.59 Å². The van der Waals surface area contributed by atoms with E-state index in [0.29, 0.717) is 18.9 Å². The van der Waals surface area contributed by atoms with Gasteiger partial charge in [-0.1, -0.05) is 36.4 Å². The average Bonchev–Trinajstić information content (AvgIpc) is 3.55. The summed E-state index contributed by atoms with van der Waals surface area (Å²) in [6, 6.07) is 19.4. The lowest BCUT2D eigenvalue weighted by atomic mass is 10.0. The highest BCUT2D eigenvalue weighted by atomic mass is 16.5. The van der Waals surface area contributed by atoms with Crippen LogP contribution in [0.3, 0.4) is 0 Å². The molecule has 2 aliphatic rings. The Balaban J connectivity index is 1.25. The van der Waals surface area contributed by atoms with Crippen molar-refractivity contribution in [2.24, 2.45) is 13.0 Å². The van der Waals surface area contributed by atoms with Crippen LogP contribution in [-0.2, 0) is 31.4 Å². The Kier molecular flexibility index (Phi) is 5.85. The van der Waals surface area contributed by atoms with Gasteiger partial charge < -0.3 is 19.5 Å². The lowest BCUT2D eigenvalue weighted by molar-refractivity contribution is -0.135. The molecule has 184 valence electrons. The van der Waals surface area contributed by atoms with Crippen molar-refractivity contribution in [1.82, 2.24) is 19.4 Å². The number of ether oxygens (including phenoxy) is 1. The summed E-state index contributed by atoms with van der Waals surface area (Å²) in [4.78, 5) is 28.0. The third-order valence-electron chi connectivity index (χ3n) is 7.53. The Bertz CT molecular complexity index is 1480. The van der Waals surface area contributed by atoms with Gasteiger partial charge in [-0.25, -0.2) is 0 Å². The van der Waals surface area contributed by atoms with E-state index < -0.39 is 0 Å². The zero-order chi connectivity index (χ0) is 24.6. The van der Waals surface area contributed by atoms with Crippen LogP contribution in [0.15, 0.2) is 71.7 Å². The molecule has 6 rings (SSSR count). The van der Waals surface area contributed by atoms with Crippen molar-refractivity contribution >= 4 is 16.8 Å². The molecule has 0 unspecified atom stereocenters. The van der Waals surface area contributed by atoms with Gasteiger partial charge in [-0.2, -0.15) is 0 Å². The molecule has 2 aromatic carbocycles. The van der Waals surface area contributed by atoms with Crippen molar-refractivity contribution in [2.75, 3.05) is 19.6 Å². The van der Waals surface area contributed by atoms with Crippen LogP contribution in [0.5, 0.6) is 5.75 Å². The Morgan fingerprint density at radius 1 is 1.11 bits per heavy atom. The van der Waals surface area contributed by atoms with Gasteiger partial charge in [0, 0.05) is 62.0 Å². The zero-order valence-corrected chi connectivity index (χ0v) is 20.4. The van der Waals surface area contributed by atoms with E-state index in [1.165, 1.54) is 17.3 Å². The number of aryl methyl sites for hydroxylation is 1. The Labute approximate surface area is 209 Å². The van der Waals surface area contributed by atoms with Gasteiger partial charge in [0.05, 0.1) is 17.1 Å². The topological polar surface area (TPSA) is 68.5 Å². The molecule has 7 nitrogen and oxygen atoms in total. The van der Waals surface area contributed by atoms with Crippen LogP contribution < -0.4 is 15.6 Å². The molecule has 1 N–H and O–H groups in total. The van der Waals surface area contributed by atoms with E-state index in [0.717, 1.165) is 54.6 Å². The van der Waals surface area contributed by atoms with Crippen LogP contribution in [0, 0.1) is 5.92 Å². The fraction of sp³-hybridized carbons (Fsp3) is 0.310. The molecule has 1 saturated heterocycles. The third kappa shape index (κ3) is 4.09. The number of rotatable bonds is 5. The highest BCUT2D eigenvalue weighted by molar-refractivity contribution is 5.88. The normalized spacial score (nSPS) is 17.4. The van der Waals surface area contributed by atoms with E-state index >= 15 is 0 Å². The summed E-state index contributed by atoms with van der Waals surface area (Å²) in [5.41, 5.74) is 5.30. The number of nitrogens with one attached hydrogen (secondary N) is 1. The van der Waals surface area contributed by atoms with Crippen molar-refractivity contribution < 1.29 is 9.53 Å². The molecule has 7 heteroatoms. The fourth-order valence-corrected chi connectivity index (χ4v) is 5.53. The van der Waals surface area contributed by atoms with E-state index in [1.54, 1.807) is 10.8 Å². The first-order chi connectivity index (χ1) is 17.6. The molecule has 1 amide bonds. The minimum absolute atomic E-state index is 0.0969. The maximum atomic E-state index is 13.0. The van der Waals surface area contributed by atoms with Crippen LogP contribution in [0.4, 0.5) is 0 Å². The summed E-state index contributed by atoms with van der Waals surface area (Å²) in [5.74, 6) is 0.915. The predicted molar refractivity (Wildman–Crippen MR) is 139 cm³/mol. The molecular formula is C29H30N4O3. The summed E-state index contributed by atoms with van der Waals surface area (Å²) < 4.78 is 9.68. The molecule has 0 bridgehead atoms. The van der Waals surface area contributed by atoms with Crippen LogP contribution in [0.2, 0.25) is 0 Å². The quantitative estimate of drug-likeness (QED) is 0.474. The number of pyridine rings is 1. The third-order valence-corrected chi connectivity index (χ3v) is 7.53. The molecule has 1 atom stereocenters. The number of aromatic nitrogens is 2. The van der Waals surface area contributed by atoms with Crippen LogP contribution in [0.1, 0.15) is 23.2 Å². The Hall–Kier alpha value is -3.84. The van der Waals surface area contributed by atoms with Gasteiger partial charge in [0.25, 0.3) is 5.56 Å². The summed E-state index contributed by atoms with van der Waals surface area (Å²) >= 11 is 0. The van der Waals surface area contributed by atoms with Gasteiger partial charge in [-0.05, 0) is 36.7 Å². The lowest BCUT2D eigenvalue weighted by Gasteiger charge is -2.30. The number of hydrogen-bond donors (Lipinski definition) is 1. The predicted octanol–water partition coefficient (Wildman–Crippen LogP) is 3.40. The van der Waals surface area contributed by atoms with Gasteiger partial charge in [0.15, 0.2) is 0 Å². The molecule has 36 heavy (non-hydrogen) atoms. The molecule has 0 spiro atoms. The Morgan fingerprint density at radius 2 is 1.97 bits per heavy atom. The summed E-state index contributed by atoms with van der Waals surface area (Å²) in [6.07, 6.45) is 3.53. The monoisotopic (exact) mass is 482 g/mol. The second-order valence-electron chi connectivity index (χ2n) is 9.73. The van der Waals surface area contributed by atoms with Gasteiger partial charge in [-0.3, -0.25) is 14.2 Å². The average molecular weight is 483 g/mol. The fourth-order valence-electron chi connectivity index (χ4n) is 5.53. The second-order valence-corrected chi connectivity index (χ2v) is 9.73. The smallest absolute Gasteiger partial charge is 0.258 e. The van der Waals surface area contributed by atoms with Crippen molar-refractivity contribution in [3.05, 3.63) is 94.0 Å². The Morgan fingerprint density at radius 3 is 2.75 bits per heavy atom. The van der Waals surface area contributed by atoms with E-state index in [1.807, 2.05) is 47.4 Å².